The van der Waals surface area contributed by atoms with Crippen LogP contribution in [0.1, 0.15) is 16.2 Å². The van der Waals surface area contributed by atoms with E-state index < -0.39 is 24.6 Å². The molecule has 0 saturated heterocycles. The smallest absolute Gasteiger partial charge is 0.422 e. The lowest BCUT2D eigenvalue weighted by Gasteiger charge is -2.11. The number of carbonyl (C=O) groups is 1. The molecule has 0 radical (unpaired) electrons. The summed E-state index contributed by atoms with van der Waals surface area (Å²) in [5, 5.41) is 10.2. The number of ether oxygens (including phenoxy) is 1. The third-order valence-corrected chi connectivity index (χ3v) is 3.77. The van der Waals surface area contributed by atoms with Crippen molar-refractivity contribution in [3.05, 3.63) is 65.3 Å². The Morgan fingerprint density at radius 2 is 2.00 bits per heavy atom. The number of hydrogen-bond donors (Lipinski definition) is 1. The number of benzene rings is 1. The van der Waals surface area contributed by atoms with Crippen molar-refractivity contribution in [2.75, 3.05) is 6.61 Å². The van der Waals surface area contributed by atoms with Crippen LogP contribution in [-0.4, -0.2) is 38.4 Å². The van der Waals surface area contributed by atoms with Crippen LogP contribution in [0.2, 0.25) is 5.02 Å². The summed E-state index contributed by atoms with van der Waals surface area (Å²) in [6, 6.07) is 10.5. The van der Waals surface area contributed by atoms with Crippen LogP contribution >= 0.6 is 11.6 Å². The van der Waals surface area contributed by atoms with Crippen molar-refractivity contribution in [3.8, 4) is 11.6 Å². The van der Waals surface area contributed by atoms with E-state index in [2.05, 4.69) is 25.2 Å². The summed E-state index contributed by atoms with van der Waals surface area (Å²) in [6.07, 6.45) is -1.92. The molecule has 0 saturated carbocycles. The number of hydrogen-bond acceptors (Lipinski definition) is 5. The molecule has 1 N–H and O–H groups in total. The van der Waals surface area contributed by atoms with Crippen molar-refractivity contribution < 1.29 is 22.7 Å². The van der Waals surface area contributed by atoms with E-state index in [1.165, 1.54) is 12.4 Å². The first kappa shape index (κ1) is 19.6. The van der Waals surface area contributed by atoms with Gasteiger partial charge in [0.05, 0.1) is 12.1 Å². The van der Waals surface area contributed by atoms with Crippen LogP contribution in [0.3, 0.4) is 0 Å². The Morgan fingerprint density at radius 3 is 2.68 bits per heavy atom. The lowest BCUT2D eigenvalue weighted by Crippen LogP contribution is -2.25. The Bertz CT molecular complexity index is 963. The van der Waals surface area contributed by atoms with E-state index in [9.17, 15) is 18.0 Å². The van der Waals surface area contributed by atoms with Gasteiger partial charge in [-0.3, -0.25) is 9.36 Å². The Morgan fingerprint density at radius 1 is 1.25 bits per heavy atom. The lowest BCUT2D eigenvalue weighted by atomic mass is 10.2. The van der Waals surface area contributed by atoms with Crippen molar-refractivity contribution in [1.29, 1.82) is 0 Å². The van der Waals surface area contributed by atoms with Crippen LogP contribution in [0.5, 0.6) is 5.88 Å². The number of aromatic nitrogens is 4. The van der Waals surface area contributed by atoms with Crippen LogP contribution < -0.4 is 10.1 Å². The zero-order valence-corrected chi connectivity index (χ0v) is 14.9. The fraction of sp³-hybridized carbons (Fsp3) is 0.176. The third-order valence-electron chi connectivity index (χ3n) is 3.50. The van der Waals surface area contributed by atoms with Gasteiger partial charge in [-0.2, -0.15) is 13.2 Å². The van der Waals surface area contributed by atoms with Crippen molar-refractivity contribution >= 4 is 17.5 Å². The second-order valence-corrected chi connectivity index (χ2v) is 5.96. The second-order valence-electron chi connectivity index (χ2n) is 5.55. The van der Waals surface area contributed by atoms with Gasteiger partial charge >= 0.3 is 6.18 Å². The first-order valence-electron chi connectivity index (χ1n) is 7.91. The zero-order chi connectivity index (χ0) is 20.1. The largest absolute Gasteiger partial charge is 0.467 e. The molecule has 28 heavy (non-hydrogen) atoms. The predicted molar refractivity (Wildman–Crippen MR) is 93.3 cm³/mol. The molecule has 0 fully saturated rings. The number of carbonyl (C=O) groups excluding carboxylic acids is 1. The average molecular weight is 412 g/mol. The van der Waals surface area contributed by atoms with E-state index in [4.69, 9.17) is 11.6 Å². The van der Waals surface area contributed by atoms with Gasteiger partial charge in [0.2, 0.25) is 5.88 Å². The number of pyridine rings is 1. The summed E-state index contributed by atoms with van der Waals surface area (Å²) in [5.41, 5.74) is 0.891. The second kappa shape index (κ2) is 8.26. The molecule has 0 unspecified atom stereocenters. The summed E-state index contributed by atoms with van der Waals surface area (Å²) in [5.74, 6) is -0.442. The standard InChI is InChI=1S/C17H13ClF3N5O2/c18-13-6-11(7-23-16(13)28-9-17(19,20)21)15(27)22-8-14-25-24-10-26(14)12-4-2-1-3-5-12/h1-7,10H,8-9H2,(H,22,27). The molecule has 7 nitrogen and oxygen atoms in total. The van der Waals surface area contributed by atoms with E-state index in [0.717, 1.165) is 11.9 Å². The van der Waals surface area contributed by atoms with Crippen molar-refractivity contribution in [1.82, 2.24) is 25.1 Å². The Kier molecular flexibility index (Phi) is 5.78. The molecular formula is C17H13ClF3N5O2. The van der Waals surface area contributed by atoms with Crippen molar-refractivity contribution in [3.63, 3.8) is 0 Å². The van der Waals surface area contributed by atoms with Crippen LogP contribution in [0.25, 0.3) is 5.69 Å². The van der Waals surface area contributed by atoms with Gasteiger partial charge in [-0.1, -0.05) is 29.8 Å². The fourth-order valence-electron chi connectivity index (χ4n) is 2.25. The molecule has 0 aliphatic carbocycles. The highest BCUT2D eigenvalue weighted by Gasteiger charge is 2.29. The number of para-hydroxylation sites is 1. The molecule has 3 rings (SSSR count). The van der Waals surface area contributed by atoms with E-state index >= 15 is 0 Å². The summed E-state index contributed by atoms with van der Waals surface area (Å²) in [7, 11) is 0. The highest BCUT2D eigenvalue weighted by molar-refractivity contribution is 6.32. The molecule has 0 atom stereocenters. The van der Waals surface area contributed by atoms with E-state index in [0.29, 0.717) is 5.82 Å². The minimum Gasteiger partial charge on any atom is -0.467 e. The van der Waals surface area contributed by atoms with Crippen molar-refractivity contribution in [2.24, 2.45) is 0 Å². The lowest BCUT2D eigenvalue weighted by molar-refractivity contribution is -0.154. The van der Waals surface area contributed by atoms with Gasteiger partial charge in [0, 0.05) is 11.9 Å². The molecule has 1 amide bonds. The first-order chi connectivity index (χ1) is 13.3. The van der Waals surface area contributed by atoms with E-state index in [1.807, 2.05) is 30.3 Å². The quantitative estimate of drug-likeness (QED) is 0.673. The highest BCUT2D eigenvalue weighted by atomic mass is 35.5. The normalized spacial score (nSPS) is 11.3. The summed E-state index contributed by atoms with van der Waals surface area (Å²) in [6.45, 7) is -1.46. The maximum atomic E-state index is 12.3. The molecule has 146 valence electrons. The maximum absolute atomic E-state index is 12.3. The molecule has 0 spiro atoms. The number of alkyl halides is 3. The molecule has 0 aliphatic rings. The van der Waals surface area contributed by atoms with Gasteiger partial charge in [0.15, 0.2) is 12.4 Å². The van der Waals surface area contributed by atoms with Gasteiger partial charge in [-0.15, -0.1) is 10.2 Å². The zero-order valence-electron chi connectivity index (χ0n) is 14.2. The van der Waals surface area contributed by atoms with E-state index in [1.54, 1.807) is 4.57 Å². The molecule has 0 bridgehead atoms. The van der Waals surface area contributed by atoms with Gasteiger partial charge in [0.25, 0.3) is 5.91 Å². The summed E-state index contributed by atoms with van der Waals surface area (Å²) >= 11 is 5.85. The minimum absolute atomic E-state index is 0.0649. The van der Waals surface area contributed by atoms with Gasteiger partial charge in [-0.05, 0) is 18.2 Å². The molecule has 11 heteroatoms. The Balaban J connectivity index is 1.65. The Labute approximate surface area is 162 Å². The maximum Gasteiger partial charge on any atom is 0.422 e. The third kappa shape index (κ3) is 4.97. The Hall–Kier alpha value is -3.14. The van der Waals surface area contributed by atoms with Crippen LogP contribution in [0, 0.1) is 0 Å². The average Bonchev–Trinajstić information content (AvgIpc) is 3.13. The summed E-state index contributed by atoms with van der Waals surface area (Å²) < 4.78 is 42.8. The molecule has 0 aliphatic heterocycles. The molecule has 3 aromatic rings. The SMILES string of the molecule is O=C(NCc1nncn1-c1ccccc1)c1cnc(OCC(F)(F)F)c(Cl)c1. The number of nitrogens with one attached hydrogen (secondary N) is 1. The van der Waals surface area contributed by atoms with Crippen molar-refractivity contribution in [2.45, 2.75) is 12.7 Å². The first-order valence-corrected chi connectivity index (χ1v) is 8.29. The highest BCUT2D eigenvalue weighted by Crippen LogP contribution is 2.25. The number of halogens is 4. The fourth-order valence-corrected chi connectivity index (χ4v) is 2.47. The van der Waals surface area contributed by atoms with Crippen LogP contribution in [-0.2, 0) is 6.54 Å². The van der Waals surface area contributed by atoms with E-state index in [-0.39, 0.29) is 17.1 Å². The van der Waals surface area contributed by atoms with Gasteiger partial charge in [0.1, 0.15) is 11.3 Å². The molecule has 2 heterocycles. The number of nitrogens with zero attached hydrogens (tertiary/aromatic N) is 4. The topological polar surface area (TPSA) is 81.9 Å². The van der Waals surface area contributed by atoms with Crippen LogP contribution in [0.15, 0.2) is 48.9 Å². The number of amides is 1. The van der Waals surface area contributed by atoms with Gasteiger partial charge < -0.3 is 10.1 Å². The minimum atomic E-state index is -4.52. The summed E-state index contributed by atoms with van der Waals surface area (Å²) in [4.78, 5) is 15.9. The molecule has 2 aromatic heterocycles. The van der Waals surface area contributed by atoms with Crippen LogP contribution in [0.4, 0.5) is 13.2 Å². The molecule has 1 aromatic carbocycles. The number of rotatable bonds is 6. The predicted octanol–water partition coefficient (Wildman–Crippen LogP) is 3.19. The monoisotopic (exact) mass is 411 g/mol. The molecular weight excluding hydrogens is 399 g/mol. The van der Waals surface area contributed by atoms with Gasteiger partial charge in [-0.25, -0.2) is 4.98 Å².